The normalized spacial score (nSPS) is 17.4. The molecule has 1 unspecified atom stereocenters. The highest BCUT2D eigenvalue weighted by Gasteiger charge is 2.43. The Kier molecular flexibility index (Phi) is 5.03. The first kappa shape index (κ1) is 16.8. The highest BCUT2D eigenvalue weighted by atomic mass is 16.2. The molecule has 1 N–H and O–H groups in total. The van der Waals surface area contributed by atoms with Crippen LogP contribution in [-0.2, 0) is 10.2 Å². The Hall–Kier alpha value is -2.09. The predicted molar refractivity (Wildman–Crippen MR) is 98.9 cm³/mol. The molecule has 24 heavy (non-hydrogen) atoms. The number of carbonyl (C=O) groups is 1. The van der Waals surface area contributed by atoms with Crippen molar-refractivity contribution < 1.29 is 4.79 Å². The summed E-state index contributed by atoms with van der Waals surface area (Å²) >= 11 is 0. The zero-order chi connectivity index (χ0) is 17.0. The van der Waals surface area contributed by atoms with Gasteiger partial charge in [0.2, 0.25) is 5.91 Å². The van der Waals surface area contributed by atoms with Crippen LogP contribution in [0, 0.1) is 6.92 Å². The van der Waals surface area contributed by atoms with Crippen LogP contribution in [0.1, 0.15) is 61.8 Å². The lowest BCUT2D eigenvalue weighted by atomic mass is 9.77. The Balaban J connectivity index is 1.84. The molecule has 2 heteroatoms. The Morgan fingerprint density at radius 3 is 2.25 bits per heavy atom. The van der Waals surface area contributed by atoms with Gasteiger partial charge in [0.05, 0.1) is 11.5 Å². The number of aryl methyl sites for hydroxylation is 1. The van der Waals surface area contributed by atoms with Gasteiger partial charge in [0, 0.05) is 0 Å². The summed E-state index contributed by atoms with van der Waals surface area (Å²) in [5.74, 6) is 0.193. The second kappa shape index (κ2) is 7.21. The van der Waals surface area contributed by atoms with E-state index < -0.39 is 0 Å². The van der Waals surface area contributed by atoms with E-state index in [9.17, 15) is 4.79 Å². The van der Waals surface area contributed by atoms with Crippen molar-refractivity contribution >= 4 is 5.91 Å². The fraction of sp³-hybridized carbons (Fsp3) is 0.409. The molecule has 3 rings (SSSR count). The number of hydrogen-bond acceptors (Lipinski definition) is 1. The molecule has 0 aliphatic heterocycles. The largest absolute Gasteiger partial charge is 0.349 e. The molecule has 1 aliphatic carbocycles. The van der Waals surface area contributed by atoms with Crippen molar-refractivity contribution in [1.29, 1.82) is 0 Å². The van der Waals surface area contributed by atoms with Crippen LogP contribution in [0.5, 0.6) is 0 Å². The van der Waals surface area contributed by atoms with Crippen molar-refractivity contribution in [2.45, 2.75) is 57.4 Å². The third-order valence-electron chi connectivity index (χ3n) is 5.41. The minimum absolute atomic E-state index is 0.0827. The van der Waals surface area contributed by atoms with Crippen LogP contribution in [-0.4, -0.2) is 5.91 Å². The van der Waals surface area contributed by atoms with Gasteiger partial charge < -0.3 is 5.32 Å². The molecule has 126 valence electrons. The molecule has 0 saturated heterocycles. The molecule has 1 fully saturated rings. The Morgan fingerprint density at radius 1 is 1.04 bits per heavy atom. The Labute approximate surface area is 145 Å². The molecule has 1 atom stereocenters. The van der Waals surface area contributed by atoms with Gasteiger partial charge in [-0.15, -0.1) is 0 Å². The number of amides is 1. The van der Waals surface area contributed by atoms with Crippen LogP contribution in [0.3, 0.4) is 0 Å². The third kappa shape index (κ3) is 3.24. The third-order valence-corrected chi connectivity index (χ3v) is 5.41. The van der Waals surface area contributed by atoms with Gasteiger partial charge in [-0.1, -0.05) is 79.9 Å². The van der Waals surface area contributed by atoms with Crippen molar-refractivity contribution in [1.82, 2.24) is 5.32 Å². The average Bonchev–Trinajstić information content (AvgIpc) is 3.12. The highest BCUT2D eigenvalue weighted by Crippen LogP contribution is 2.41. The fourth-order valence-corrected chi connectivity index (χ4v) is 3.90. The van der Waals surface area contributed by atoms with E-state index in [4.69, 9.17) is 0 Å². The van der Waals surface area contributed by atoms with E-state index in [1.54, 1.807) is 0 Å². The highest BCUT2D eigenvalue weighted by molar-refractivity contribution is 5.89. The van der Waals surface area contributed by atoms with E-state index in [-0.39, 0.29) is 17.4 Å². The van der Waals surface area contributed by atoms with Crippen molar-refractivity contribution in [3.63, 3.8) is 0 Å². The van der Waals surface area contributed by atoms with Crippen molar-refractivity contribution in [2.75, 3.05) is 0 Å². The summed E-state index contributed by atoms with van der Waals surface area (Å²) in [6.45, 7) is 4.22. The van der Waals surface area contributed by atoms with Crippen LogP contribution in [0.4, 0.5) is 0 Å². The molecule has 2 aromatic rings. The Bertz CT molecular complexity index is 669. The molecule has 0 heterocycles. The van der Waals surface area contributed by atoms with Gasteiger partial charge in [-0.25, -0.2) is 0 Å². The van der Waals surface area contributed by atoms with Gasteiger partial charge in [-0.3, -0.25) is 4.79 Å². The van der Waals surface area contributed by atoms with Gasteiger partial charge >= 0.3 is 0 Å². The van der Waals surface area contributed by atoms with Crippen molar-refractivity contribution in [3.05, 3.63) is 71.3 Å². The molecule has 0 bridgehead atoms. The first-order valence-electron chi connectivity index (χ1n) is 9.09. The van der Waals surface area contributed by atoms with Crippen LogP contribution in [0.25, 0.3) is 0 Å². The van der Waals surface area contributed by atoms with E-state index in [1.807, 2.05) is 18.2 Å². The molecule has 0 aromatic heterocycles. The second-order valence-electron chi connectivity index (χ2n) is 7.00. The standard InChI is InChI=1S/C22H27NO/c1-3-20(18-13-11-17(2)12-14-18)23-21(24)22(15-7-8-16-22)19-9-5-4-6-10-19/h4-6,9-14,20H,3,7-8,15-16H2,1-2H3,(H,23,24). The number of rotatable bonds is 5. The van der Waals surface area contributed by atoms with Gasteiger partial charge in [0.15, 0.2) is 0 Å². The maximum Gasteiger partial charge on any atom is 0.231 e. The van der Waals surface area contributed by atoms with Crippen molar-refractivity contribution in [2.24, 2.45) is 0 Å². The summed E-state index contributed by atoms with van der Waals surface area (Å²) in [7, 11) is 0. The molecule has 1 amide bonds. The zero-order valence-corrected chi connectivity index (χ0v) is 14.7. The minimum Gasteiger partial charge on any atom is -0.349 e. The average molecular weight is 321 g/mol. The van der Waals surface area contributed by atoms with Gasteiger partial charge in [-0.05, 0) is 37.3 Å². The summed E-state index contributed by atoms with van der Waals surface area (Å²) in [5, 5.41) is 3.34. The first-order chi connectivity index (χ1) is 11.7. The van der Waals surface area contributed by atoms with E-state index in [0.29, 0.717) is 0 Å². The lowest BCUT2D eigenvalue weighted by Crippen LogP contribution is -2.44. The molecule has 2 aromatic carbocycles. The molecule has 0 radical (unpaired) electrons. The zero-order valence-electron chi connectivity index (χ0n) is 14.7. The van der Waals surface area contributed by atoms with E-state index >= 15 is 0 Å². The smallest absolute Gasteiger partial charge is 0.231 e. The van der Waals surface area contributed by atoms with Crippen molar-refractivity contribution in [3.8, 4) is 0 Å². The topological polar surface area (TPSA) is 29.1 Å². The molecule has 1 saturated carbocycles. The molecular weight excluding hydrogens is 294 g/mol. The summed E-state index contributed by atoms with van der Waals surface area (Å²) in [6.07, 6.45) is 5.06. The maximum atomic E-state index is 13.3. The molecule has 2 nitrogen and oxygen atoms in total. The van der Waals surface area contributed by atoms with E-state index in [2.05, 4.69) is 55.6 Å². The molecular formula is C22H27NO. The van der Waals surface area contributed by atoms with Crippen LogP contribution in [0.15, 0.2) is 54.6 Å². The first-order valence-corrected chi connectivity index (χ1v) is 9.09. The SMILES string of the molecule is CCC(NC(=O)C1(c2ccccc2)CCCC1)c1ccc(C)cc1. The fourth-order valence-electron chi connectivity index (χ4n) is 3.90. The lowest BCUT2D eigenvalue weighted by Gasteiger charge is -2.31. The van der Waals surface area contributed by atoms with E-state index in [0.717, 1.165) is 32.1 Å². The summed E-state index contributed by atoms with van der Waals surface area (Å²) < 4.78 is 0. The van der Waals surface area contributed by atoms with Crippen LogP contribution in [0.2, 0.25) is 0 Å². The molecule has 1 aliphatic rings. The monoisotopic (exact) mass is 321 g/mol. The number of hydrogen-bond donors (Lipinski definition) is 1. The van der Waals surface area contributed by atoms with Gasteiger partial charge in [-0.2, -0.15) is 0 Å². The predicted octanol–water partition coefficient (Wildman–Crippen LogP) is 5.07. The quantitative estimate of drug-likeness (QED) is 0.818. The number of benzene rings is 2. The summed E-state index contributed by atoms with van der Waals surface area (Å²) in [5.41, 5.74) is 3.26. The number of nitrogens with one attached hydrogen (secondary N) is 1. The Morgan fingerprint density at radius 2 is 1.67 bits per heavy atom. The van der Waals surface area contributed by atoms with E-state index in [1.165, 1.54) is 16.7 Å². The lowest BCUT2D eigenvalue weighted by molar-refractivity contribution is -0.127. The van der Waals surface area contributed by atoms with Crippen LogP contribution < -0.4 is 5.32 Å². The number of carbonyl (C=O) groups excluding carboxylic acids is 1. The molecule has 0 spiro atoms. The second-order valence-corrected chi connectivity index (χ2v) is 7.00. The van der Waals surface area contributed by atoms with Gasteiger partial charge in [0.25, 0.3) is 0 Å². The summed E-state index contributed by atoms with van der Waals surface area (Å²) in [4.78, 5) is 13.3. The summed E-state index contributed by atoms with van der Waals surface area (Å²) in [6, 6.07) is 18.9. The maximum absolute atomic E-state index is 13.3. The van der Waals surface area contributed by atoms with Gasteiger partial charge in [0.1, 0.15) is 0 Å². The minimum atomic E-state index is -0.348. The van der Waals surface area contributed by atoms with Crippen LogP contribution >= 0.6 is 0 Å².